The van der Waals surface area contributed by atoms with E-state index in [2.05, 4.69) is 22.8 Å². The summed E-state index contributed by atoms with van der Waals surface area (Å²) in [4.78, 5) is 0. The second kappa shape index (κ2) is 3.69. The Morgan fingerprint density at radius 2 is 2.20 bits per heavy atom. The number of alkyl halides is 4. The lowest BCUT2D eigenvalue weighted by atomic mass is 10.6. The highest BCUT2D eigenvalue weighted by Crippen LogP contribution is 2.25. The van der Waals surface area contributed by atoms with Crippen molar-refractivity contribution in [3.8, 4) is 12.3 Å². The van der Waals surface area contributed by atoms with Gasteiger partial charge in [-0.25, -0.2) is 4.39 Å². The standard InChI is InChI=1S/C5H4ClF3O/c1-2-3-10-5(8,9)4(6)7/h1,4H,3H2. The van der Waals surface area contributed by atoms with Crippen molar-refractivity contribution in [3.63, 3.8) is 0 Å². The third-order valence-corrected chi connectivity index (χ3v) is 0.856. The summed E-state index contributed by atoms with van der Waals surface area (Å²) in [5.41, 5.74) is -2.86. The van der Waals surface area contributed by atoms with E-state index >= 15 is 0 Å². The van der Waals surface area contributed by atoms with Gasteiger partial charge in [0, 0.05) is 0 Å². The molecule has 0 aliphatic carbocycles. The van der Waals surface area contributed by atoms with E-state index in [1.54, 1.807) is 5.92 Å². The van der Waals surface area contributed by atoms with Gasteiger partial charge in [0.05, 0.1) is 0 Å². The first-order valence-electron chi connectivity index (χ1n) is 2.24. The molecule has 0 aromatic carbocycles. The van der Waals surface area contributed by atoms with Crippen LogP contribution >= 0.6 is 11.6 Å². The molecule has 0 saturated heterocycles. The summed E-state index contributed by atoms with van der Waals surface area (Å²) in [6.45, 7) is -0.667. The first-order chi connectivity index (χ1) is 4.50. The summed E-state index contributed by atoms with van der Waals surface area (Å²) in [7, 11) is 0. The van der Waals surface area contributed by atoms with Crippen LogP contribution in [0.3, 0.4) is 0 Å². The third-order valence-electron chi connectivity index (χ3n) is 0.602. The number of ether oxygens (including phenoxy) is 1. The Kier molecular flexibility index (Phi) is 3.54. The monoisotopic (exact) mass is 172 g/mol. The minimum atomic E-state index is -3.99. The first kappa shape index (κ1) is 9.60. The molecule has 0 saturated carbocycles. The molecule has 1 atom stereocenters. The molecule has 0 N–H and O–H groups in total. The Morgan fingerprint density at radius 1 is 1.70 bits per heavy atom. The average molecular weight is 173 g/mol. The molecular formula is C5H4ClF3O. The summed E-state index contributed by atoms with van der Waals surface area (Å²) in [6, 6.07) is 0. The molecule has 0 aliphatic rings. The Balaban J connectivity index is 3.77. The first-order valence-corrected chi connectivity index (χ1v) is 2.67. The summed E-state index contributed by atoms with van der Waals surface area (Å²) in [5.74, 6) is 1.75. The Labute approximate surface area is 61.1 Å². The molecule has 0 amide bonds. The van der Waals surface area contributed by atoms with Crippen LogP contribution < -0.4 is 0 Å². The fourth-order valence-electron chi connectivity index (χ4n) is 0.201. The molecule has 5 heteroatoms. The maximum atomic E-state index is 11.9. The van der Waals surface area contributed by atoms with Crippen molar-refractivity contribution in [2.75, 3.05) is 6.61 Å². The van der Waals surface area contributed by atoms with E-state index in [4.69, 9.17) is 0 Å². The zero-order valence-electron chi connectivity index (χ0n) is 4.78. The topological polar surface area (TPSA) is 9.23 Å². The highest BCUT2D eigenvalue weighted by Gasteiger charge is 2.40. The van der Waals surface area contributed by atoms with E-state index in [0.29, 0.717) is 0 Å². The van der Waals surface area contributed by atoms with Crippen LogP contribution in [0, 0.1) is 12.3 Å². The van der Waals surface area contributed by atoms with Crippen molar-refractivity contribution >= 4 is 11.6 Å². The minimum absolute atomic E-state index is 0.667. The van der Waals surface area contributed by atoms with Gasteiger partial charge in [-0.05, 0) is 0 Å². The van der Waals surface area contributed by atoms with Gasteiger partial charge in [0.1, 0.15) is 6.61 Å². The molecule has 0 bridgehead atoms. The van der Waals surface area contributed by atoms with E-state index in [1.165, 1.54) is 0 Å². The highest BCUT2D eigenvalue weighted by atomic mass is 35.5. The van der Waals surface area contributed by atoms with Crippen molar-refractivity contribution < 1.29 is 17.9 Å². The van der Waals surface area contributed by atoms with Crippen LogP contribution in [0.4, 0.5) is 13.2 Å². The maximum absolute atomic E-state index is 11.9. The number of hydrogen-bond acceptors (Lipinski definition) is 1. The molecule has 0 fully saturated rings. The van der Waals surface area contributed by atoms with Crippen LogP contribution in [0.15, 0.2) is 0 Å². The molecule has 10 heavy (non-hydrogen) atoms. The van der Waals surface area contributed by atoms with E-state index in [9.17, 15) is 13.2 Å². The number of terminal acetylenes is 1. The second-order valence-corrected chi connectivity index (χ2v) is 1.74. The van der Waals surface area contributed by atoms with Gasteiger partial charge in [-0.15, -0.1) is 6.42 Å². The fourth-order valence-corrected chi connectivity index (χ4v) is 0.264. The Morgan fingerprint density at radius 3 is 2.50 bits per heavy atom. The molecule has 1 unspecified atom stereocenters. The van der Waals surface area contributed by atoms with Crippen LogP contribution in [-0.2, 0) is 4.74 Å². The maximum Gasteiger partial charge on any atom is 0.401 e. The number of halogens is 4. The van der Waals surface area contributed by atoms with Gasteiger partial charge in [0.2, 0.25) is 0 Å². The third kappa shape index (κ3) is 2.95. The van der Waals surface area contributed by atoms with Gasteiger partial charge in [-0.2, -0.15) is 8.78 Å². The van der Waals surface area contributed by atoms with Crippen LogP contribution in [-0.4, -0.2) is 18.3 Å². The molecule has 0 spiro atoms. The van der Waals surface area contributed by atoms with Gasteiger partial charge in [0.25, 0.3) is 5.63 Å². The second-order valence-electron chi connectivity index (χ2n) is 1.36. The van der Waals surface area contributed by atoms with E-state index in [-0.39, 0.29) is 0 Å². The zero-order valence-corrected chi connectivity index (χ0v) is 5.54. The lowest BCUT2D eigenvalue weighted by Crippen LogP contribution is -2.29. The van der Waals surface area contributed by atoms with Crippen LogP contribution in [0.1, 0.15) is 0 Å². The summed E-state index contributed by atoms with van der Waals surface area (Å²) >= 11 is 4.39. The van der Waals surface area contributed by atoms with Crippen molar-refractivity contribution in [3.05, 3.63) is 0 Å². The van der Waals surface area contributed by atoms with E-state index in [1.807, 2.05) is 0 Å². The Bertz CT molecular complexity index is 140. The van der Waals surface area contributed by atoms with Crippen molar-refractivity contribution in [2.24, 2.45) is 0 Å². The highest BCUT2D eigenvalue weighted by molar-refractivity contribution is 6.20. The molecule has 0 rings (SSSR count). The van der Waals surface area contributed by atoms with Gasteiger partial charge >= 0.3 is 6.11 Å². The van der Waals surface area contributed by atoms with Crippen molar-refractivity contribution in [2.45, 2.75) is 11.7 Å². The van der Waals surface area contributed by atoms with E-state index < -0.39 is 18.3 Å². The molecular weight excluding hydrogens is 169 g/mol. The fraction of sp³-hybridized carbons (Fsp3) is 0.600. The molecule has 0 aliphatic heterocycles. The molecule has 0 radical (unpaired) electrons. The lowest BCUT2D eigenvalue weighted by Gasteiger charge is -2.13. The number of hydrogen-bond donors (Lipinski definition) is 0. The number of rotatable bonds is 3. The van der Waals surface area contributed by atoms with Gasteiger partial charge in [-0.1, -0.05) is 17.5 Å². The van der Waals surface area contributed by atoms with E-state index in [0.717, 1.165) is 0 Å². The van der Waals surface area contributed by atoms with Gasteiger partial charge in [0.15, 0.2) is 0 Å². The van der Waals surface area contributed by atoms with Crippen LogP contribution in [0.5, 0.6) is 0 Å². The lowest BCUT2D eigenvalue weighted by molar-refractivity contribution is -0.249. The summed E-state index contributed by atoms with van der Waals surface area (Å²) < 4.78 is 39.0. The molecule has 0 aromatic heterocycles. The largest absolute Gasteiger partial charge is 0.401 e. The normalized spacial score (nSPS) is 14.3. The molecule has 0 aromatic rings. The van der Waals surface area contributed by atoms with Gasteiger partial charge in [-0.3, -0.25) is 0 Å². The average Bonchev–Trinajstić information content (AvgIpc) is 1.84. The molecule has 1 nitrogen and oxygen atoms in total. The van der Waals surface area contributed by atoms with Crippen LogP contribution in [0.25, 0.3) is 0 Å². The predicted molar refractivity (Wildman–Crippen MR) is 30.5 cm³/mol. The SMILES string of the molecule is C#CCOC(F)(F)C(F)Cl. The van der Waals surface area contributed by atoms with Crippen molar-refractivity contribution in [1.29, 1.82) is 0 Å². The quantitative estimate of drug-likeness (QED) is 0.466. The molecule has 58 valence electrons. The Hall–Kier alpha value is -0.400. The van der Waals surface area contributed by atoms with Crippen molar-refractivity contribution in [1.82, 2.24) is 0 Å². The van der Waals surface area contributed by atoms with Gasteiger partial charge < -0.3 is 4.74 Å². The zero-order chi connectivity index (χ0) is 8.20. The predicted octanol–water partition coefficient (Wildman–Crippen LogP) is 1.76. The minimum Gasteiger partial charge on any atom is -0.304 e. The van der Waals surface area contributed by atoms with Crippen LogP contribution in [0.2, 0.25) is 0 Å². The summed E-state index contributed by atoms with van der Waals surface area (Å²) in [6.07, 6.45) is 0.570. The molecule has 0 heterocycles. The smallest absolute Gasteiger partial charge is 0.304 e. The summed E-state index contributed by atoms with van der Waals surface area (Å²) in [5, 5.41) is 0.